The van der Waals surface area contributed by atoms with Gasteiger partial charge in [0.2, 0.25) is 11.7 Å². The topological polar surface area (TPSA) is 109 Å². The first kappa shape index (κ1) is 19.9. The van der Waals surface area contributed by atoms with Crippen molar-refractivity contribution >= 4 is 27.3 Å². The number of phenols is 1. The Morgan fingerprint density at radius 1 is 1.00 bits per heavy atom. The molecular formula is C24H18N2O5S. The van der Waals surface area contributed by atoms with Gasteiger partial charge in [0.05, 0.1) is 21.5 Å². The lowest BCUT2D eigenvalue weighted by molar-refractivity contribution is 0.101. The number of benzene rings is 2. The summed E-state index contributed by atoms with van der Waals surface area (Å²) in [5.74, 6) is -1.02. The quantitative estimate of drug-likeness (QED) is 0.323. The second-order valence-electron chi connectivity index (χ2n) is 7.49. The second kappa shape index (κ2) is 7.28. The summed E-state index contributed by atoms with van der Waals surface area (Å²) < 4.78 is 7.73. The number of hydrogen-bond donors (Lipinski definition) is 3. The van der Waals surface area contributed by atoms with Crippen LogP contribution in [0.2, 0.25) is 0 Å². The number of hydrogen-bond acceptors (Lipinski definition) is 7. The number of furan rings is 1. The second-order valence-corrected chi connectivity index (χ2v) is 8.49. The number of aromatic hydroxyl groups is 3. The molecule has 0 atom stereocenters. The van der Waals surface area contributed by atoms with Crippen LogP contribution in [0.3, 0.4) is 0 Å². The zero-order chi connectivity index (χ0) is 22.6. The minimum atomic E-state index is -0.579. The lowest BCUT2D eigenvalue weighted by Crippen LogP contribution is -2.04. The number of fused-ring (bicyclic) bond motifs is 1. The van der Waals surface area contributed by atoms with Gasteiger partial charge in [-0.25, -0.2) is 4.98 Å². The molecule has 5 rings (SSSR count). The summed E-state index contributed by atoms with van der Waals surface area (Å²) in [4.78, 5) is 17.9. The molecule has 0 aliphatic rings. The van der Waals surface area contributed by atoms with Gasteiger partial charge in [0.25, 0.3) is 0 Å². The van der Waals surface area contributed by atoms with Crippen LogP contribution in [0.5, 0.6) is 17.4 Å². The first-order valence-corrected chi connectivity index (χ1v) is 10.6. The van der Waals surface area contributed by atoms with Crippen molar-refractivity contribution in [3.63, 3.8) is 0 Å². The van der Waals surface area contributed by atoms with E-state index in [1.807, 2.05) is 25.1 Å². The van der Waals surface area contributed by atoms with Gasteiger partial charge < -0.3 is 19.7 Å². The van der Waals surface area contributed by atoms with E-state index in [1.54, 1.807) is 25.1 Å². The van der Waals surface area contributed by atoms with Gasteiger partial charge in [-0.15, -0.1) is 0 Å². The highest BCUT2D eigenvalue weighted by Gasteiger charge is 2.32. The highest BCUT2D eigenvalue weighted by atomic mass is 32.1. The van der Waals surface area contributed by atoms with E-state index in [1.165, 1.54) is 34.1 Å². The monoisotopic (exact) mass is 446 g/mol. The Bertz CT molecular complexity index is 1490. The molecule has 3 N–H and O–H groups in total. The number of aromatic nitrogens is 2. The van der Waals surface area contributed by atoms with E-state index in [0.29, 0.717) is 16.5 Å². The van der Waals surface area contributed by atoms with Gasteiger partial charge in [0.15, 0.2) is 16.6 Å². The van der Waals surface area contributed by atoms with Crippen LogP contribution in [0.25, 0.3) is 26.6 Å². The van der Waals surface area contributed by atoms with E-state index in [2.05, 4.69) is 4.98 Å². The molecule has 2 aromatic carbocycles. The molecule has 3 heterocycles. The number of aryl methyl sites for hydroxylation is 2. The van der Waals surface area contributed by atoms with Crippen LogP contribution in [0.4, 0.5) is 0 Å². The molecule has 0 bridgehead atoms. The zero-order valence-electron chi connectivity index (χ0n) is 17.2. The fourth-order valence-electron chi connectivity index (χ4n) is 3.64. The highest BCUT2D eigenvalue weighted by molar-refractivity contribution is 7.20. The van der Waals surface area contributed by atoms with Gasteiger partial charge in [0, 0.05) is 0 Å². The summed E-state index contributed by atoms with van der Waals surface area (Å²) in [7, 11) is 0. The molecule has 160 valence electrons. The molecule has 0 radical (unpaired) electrons. The largest absolute Gasteiger partial charge is 0.508 e. The van der Waals surface area contributed by atoms with Crippen LogP contribution in [0.1, 0.15) is 27.4 Å². The molecule has 0 aliphatic carbocycles. The average molecular weight is 446 g/mol. The Morgan fingerprint density at radius 2 is 1.75 bits per heavy atom. The molecule has 0 fully saturated rings. The minimum absolute atomic E-state index is 0.0369. The maximum atomic E-state index is 13.3. The van der Waals surface area contributed by atoms with Crippen molar-refractivity contribution in [3.8, 4) is 33.8 Å². The standard InChI is InChI=1S/C24H18N2O5S/c1-12-3-9-16-18(11-12)32-24(25-16)26-20(14-5-7-15(27)8-6-14)19(22(29)23(26)30)21(28)17-10-4-13(2)31-17/h3-11,27,29-30H,1-2H3. The number of ketones is 1. The molecule has 0 amide bonds. The zero-order valence-corrected chi connectivity index (χ0v) is 18.0. The Balaban J connectivity index is 1.81. The number of phenolic OH excluding ortho intramolecular Hbond substituents is 1. The highest BCUT2D eigenvalue weighted by Crippen LogP contribution is 2.45. The number of rotatable bonds is 4. The third-order valence-electron chi connectivity index (χ3n) is 5.18. The van der Waals surface area contributed by atoms with Gasteiger partial charge in [-0.3, -0.25) is 9.36 Å². The Labute approximate surface area is 186 Å². The number of carbonyl (C=O) groups excluding carboxylic acids is 1. The van der Waals surface area contributed by atoms with Gasteiger partial charge in [-0.2, -0.15) is 0 Å². The molecule has 5 aromatic rings. The first-order chi connectivity index (χ1) is 15.3. The predicted molar refractivity (Wildman–Crippen MR) is 121 cm³/mol. The fraction of sp³-hybridized carbons (Fsp3) is 0.0833. The number of nitrogens with zero attached hydrogens (tertiary/aromatic N) is 2. The van der Waals surface area contributed by atoms with Gasteiger partial charge >= 0.3 is 0 Å². The van der Waals surface area contributed by atoms with Crippen molar-refractivity contribution < 1.29 is 24.5 Å². The average Bonchev–Trinajstić information content (AvgIpc) is 3.44. The third-order valence-corrected chi connectivity index (χ3v) is 6.18. The van der Waals surface area contributed by atoms with Crippen molar-refractivity contribution in [2.24, 2.45) is 0 Å². The van der Waals surface area contributed by atoms with Crippen molar-refractivity contribution in [1.29, 1.82) is 0 Å². The van der Waals surface area contributed by atoms with E-state index in [9.17, 15) is 20.1 Å². The predicted octanol–water partition coefficient (Wildman–Crippen LogP) is 5.31. The van der Waals surface area contributed by atoms with Crippen molar-refractivity contribution in [1.82, 2.24) is 9.55 Å². The van der Waals surface area contributed by atoms with E-state index >= 15 is 0 Å². The maximum absolute atomic E-state index is 13.3. The van der Waals surface area contributed by atoms with E-state index < -0.39 is 17.4 Å². The molecule has 0 unspecified atom stereocenters. The number of thiazole rings is 1. The Hall–Kier alpha value is -4.04. The summed E-state index contributed by atoms with van der Waals surface area (Å²) in [6.45, 7) is 3.69. The van der Waals surface area contributed by atoms with E-state index in [0.717, 1.165) is 15.8 Å². The lowest BCUT2D eigenvalue weighted by atomic mass is 10.0. The smallest absolute Gasteiger partial charge is 0.242 e. The van der Waals surface area contributed by atoms with Crippen LogP contribution in [0, 0.1) is 13.8 Å². The van der Waals surface area contributed by atoms with Crippen molar-refractivity contribution in [2.75, 3.05) is 0 Å². The van der Waals surface area contributed by atoms with E-state index in [4.69, 9.17) is 4.42 Å². The normalized spacial score (nSPS) is 11.3. The van der Waals surface area contributed by atoms with Crippen LogP contribution in [-0.2, 0) is 0 Å². The Kier molecular flexibility index (Phi) is 4.53. The van der Waals surface area contributed by atoms with E-state index in [-0.39, 0.29) is 22.8 Å². The van der Waals surface area contributed by atoms with Crippen LogP contribution in [-0.4, -0.2) is 30.7 Å². The molecule has 3 aromatic heterocycles. The number of carbonyl (C=O) groups is 1. The summed E-state index contributed by atoms with van der Waals surface area (Å²) in [5, 5.41) is 31.8. The van der Waals surface area contributed by atoms with Crippen molar-refractivity contribution in [2.45, 2.75) is 13.8 Å². The molecule has 0 aliphatic heterocycles. The minimum Gasteiger partial charge on any atom is -0.508 e. The first-order valence-electron chi connectivity index (χ1n) is 9.78. The Morgan fingerprint density at radius 3 is 2.44 bits per heavy atom. The van der Waals surface area contributed by atoms with Gasteiger partial charge in [-0.05, 0) is 73.5 Å². The molecule has 0 spiro atoms. The SMILES string of the molecule is Cc1ccc2nc(-n3c(O)c(O)c(C(=O)c4ccc(C)o4)c3-c3ccc(O)cc3)sc2c1. The van der Waals surface area contributed by atoms with Crippen LogP contribution in [0.15, 0.2) is 59.0 Å². The third kappa shape index (κ3) is 3.12. The fourth-order valence-corrected chi connectivity index (χ4v) is 4.71. The van der Waals surface area contributed by atoms with Crippen LogP contribution < -0.4 is 0 Å². The molecule has 32 heavy (non-hydrogen) atoms. The molecule has 7 nitrogen and oxygen atoms in total. The molecular weight excluding hydrogens is 428 g/mol. The summed E-state index contributed by atoms with van der Waals surface area (Å²) in [6, 6.07) is 15.1. The molecule has 0 saturated heterocycles. The van der Waals surface area contributed by atoms with Gasteiger partial charge in [0.1, 0.15) is 11.5 Å². The van der Waals surface area contributed by atoms with Crippen molar-refractivity contribution in [3.05, 3.63) is 77.2 Å². The maximum Gasteiger partial charge on any atom is 0.242 e. The summed E-state index contributed by atoms with van der Waals surface area (Å²) in [6.07, 6.45) is 0. The van der Waals surface area contributed by atoms with Gasteiger partial charge in [-0.1, -0.05) is 17.4 Å². The summed E-state index contributed by atoms with van der Waals surface area (Å²) >= 11 is 1.32. The molecule has 8 heteroatoms. The summed E-state index contributed by atoms with van der Waals surface area (Å²) in [5.41, 5.74) is 2.43. The van der Waals surface area contributed by atoms with Crippen LogP contribution >= 0.6 is 11.3 Å². The lowest BCUT2D eigenvalue weighted by Gasteiger charge is -2.09. The molecule has 0 saturated carbocycles.